The van der Waals surface area contributed by atoms with E-state index in [0.717, 1.165) is 0 Å². The third-order valence-corrected chi connectivity index (χ3v) is 2.83. The Morgan fingerprint density at radius 1 is 1.88 bits per heavy atom. The Morgan fingerprint density at radius 3 is 2.00 bits per heavy atom. The van der Waals surface area contributed by atoms with Crippen molar-refractivity contribution in [3.05, 3.63) is 0 Å². The molecule has 0 saturated heterocycles. The van der Waals surface area contributed by atoms with Gasteiger partial charge in [0.1, 0.15) is 4.20 Å². The average molecular weight is 196 g/mol. The maximum absolute atomic E-state index is 10.1. The molecule has 0 bridgehead atoms. The predicted octanol–water partition coefficient (Wildman–Crippen LogP) is -2.33. The summed E-state index contributed by atoms with van der Waals surface area (Å²) in [7, 11) is -3.18. The van der Waals surface area contributed by atoms with Crippen LogP contribution in [0.5, 0.6) is 0 Å². The molecule has 0 heterocycles. The molecule has 0 aromatic carbocycles. The standard InChI is InChI=1S/C2H4O2S3.K.H/c1-2(5)7(3,4)6;;/h1H3,(H,3,4,6);;/q;+1;-1. The van der Waals surface area contributed by atoms with E-state index in [0.29, 0.717) is 0 Å². The van der Waals surface area contributed by atoms with Crippen LogP contribution in [0.1, 0.15) is 8.35 Å². The molecule has 6 heteroatoms. The van der Waals surface area contributed by atoms with Gasteiger partial charge >= 0.3 is 51.4 Å². The second-order valence-corrected chi connectivity index (χ2v) is 4.76. The molecule has 44 valence electrons. The summed E-state index contributed by atoms with van der Waals surface area (Å²) in [6.45, 7) is 1.35. The second-order valence-electron chi connectivity index (χ2n) is 0.967. The van der Waals surface area contributed by atoms with Crippen LogP contribution in [0.25, 0.3) is 0 Å². The maximum Gasteiger partial charge on any atom is 1.00 e. The summed E-state index contributed by atoms with van der Waals surface area (Å²) < 4.78 is 18.4. The van der Waals surface area contributed by atoms with Crippen molar-refractivity contribution in [2.75, 3.05) is 0 Å². The fourth-order valence-electron chi connectivity index (χ4n) is 0. The van der Waals surface area contributed by atoms with E-state index in [1.807, 2.05) is 0 Å². The first-order valence-corrected chi connectivity index (χ1v) is 4.27. The number of hydrogen-bond donors (Lipinski definition) is 1. The molecule has 0 aliphatic heterocycles. The van der Waals surface area contributed by atoms with Gasteiger partial charge in [-0.15, -0.1) is 0 Å². The zero-order valence-corrected chi connectivity index (χ0v) is 10.2. The first kappa shape index (κ1) is 12.7. The van der Waals surface area contributed by atoms with Crippen molar-refractivity contribution in [3.63, 3.8) is 0 Å². The molecular formula is C2H5KO2S3. The third-order valence-electron chi connectivity index (χ3n) is 0.363. The van der Waals surface area contributed by atoms with Crippen LogP contribution in [0, 0.1) is 0 Å². The molecule has 0 radical (unpaired) electrons. The quantitative estimate of drug-likeness (QED) is 0.348. The molecule has 0 amide bonds. The van der Waals surface area contributed by atoms with Crippen LogP contribution in [0.15, 0.2) is 0 Å². The van der Waals surface area contributed by atoms with E-state index in [1.54, 1.807) is 0 Å². The van der Waals surface area contributed by atoms with Crippen LogP contribution in [0.3, 0.4) is 0 Å². The molecule has 0 spiro atoms. The van der Waals surface area contributed by atoms with E-state index in [1.165, 1.54) is 6.92 Å². The Bertz CT molecular complexity index is 174. The minimum atomic E-state index is -3.18. The van der Waals surface area contributed by atoms with E-state index in [2.05, 4.69) is 23.4 Å². The Kier molecular flexibility index (Phi) is 7.64. The van der Waals surface area contributed by atoms with Gasteiger partial charge in [-0.3, -0.25) is 0 Å². The summed E-state index contributed by atoms with van der Waals surface area (Å²) >= 11 is 8.35. The zero-order chi connectivity index (χ0) is 6.08. The Morgan fingerprint density at radius 2 is 2.00 bits per heavy atom. The van der Waals surface area contributed by atoms with Gasteiger partial charge in [0.2, 0.25) is 0 Å². The summed E-state index contributed by atoms with van der Waals surface area (Å²) in [5.41, 5.74) is 0. The summed E-state index contributed by atoms with van der Waals surface area (Å²) in [5, 5.41) is 0. The molecule has 0 aromatic rings. The predicted molar refractivity (Wildman–Crippen MR) is 37.5 cm³/mol. The monoisotopic (exact) mass is 196 g/mol. The fraction of sp³-hybridized carbons (Fsp3) is 0.500. The van der Waals surface area contributed by atoms with Crippen LogP contribution in [0.4, 0.5) is 0 Å². The fourth-order valence-corrected chi connectivity index (χ4v) is 0. The van der Waals surface area contributed by atoms with Crippen LogP contribution in [0.2, 0.25) is 0 Å². The minimum Gasteiger partial charge on any atom is -1.00 e. The Hall–Kier alpha value is 2.06. The van der Waals surface area contributed by atoms with Crippen LogP contribution >= 0.6 is 12.2 Å². The smallest absolute Gasteiger partial charge is 1.00 e. The summed E-state index contributed by atoms with van der Waals surface area (Å²) in [6, 6.07) is 0. The summed E-state index contributed by atoms with van der Waals surface area (Å²) in [4.78, 5) is 0. The van der Waals surface area contributed by atoms with Crippen molar-refractivity contribution in [2.24, 2.45) is 0 Å². The van der Waals surface area contributed by atoms with Gasteiger partial charge in [-0.2, -0.15) is 0 Å². The van der Waals surface area contributed by atoms with E-state index in [9.17, 15) is 4.21 Å². The van der Waals surface area contributed by atoms with Crippen molar-refractivity contribution in [1.82, 2.24) is 0 Å². The molecule has 0 aromatic heterocycles. The number of rotatable bonds is 0. The SMILES string of the molecule is CC(=S)S(=O)(O)=S.[H-].[K+]. The van der Waals surface area contributed by atoms with E-state index >= 15 is 0 Å². The normalized spacial score (nSPS) is 15.8. The van der Waals surface area contributed by atoms with E-state index < -0.39 is 8.77 Å². The minimum absolute atomic E-state index is 0. The van der Waals surface area contributed by atoms with Gasteiger partial charge < -0.3 is 5.98 Å². The van der Waals surface area contributed by atoms with Crippen molar-refractivity contribution in [3.8, 4) is 0 Å². The molecule has 8 heavy (non-hydrogen) atoms. The molecule has 0 aliphatic carbocycles. The first-order chi connectivity index (χ1) is 2.94. The molecule has 1 atom stereocenters. The van der Waals surface area contributed by atoms with Crippen LogP contribution in [-0.2, 0) is 20.0 Å². The average Bonchev–Trinajstić information content (AvgIpc) is 1.31. The largest absolute Gasteiger partial charge is 1.00 e. The molecule has 1 unspecified atom stereocenters. The van der Waals surface area contributed by atoms with Crippen LogP contribution in [-0.4, -0.2) is 13.0 Å². The van der Waals surface area contributed by atoms with E-state index in [-0.39, 0.29) is 57.0 Å². The second kappa shape index (κ2) is 4.81. The summed E-state index contributed by atoms with van der Waals surface area (Å²) in [5.74, 6) is 0. The molecular weight excluding hydrogens is 191 g/mol. The van der Waals surface area contributed by atoms with Crippen molar-refractivity contribution in [2.45, 2.75) is 6.92 Å². The van der Waals surface area contributed by atoms with Crippen molar-refractivity contribution in [1.29, 1.82) is 0 Å². The van der Waals surface area contributed by atoms with Crippen LogP contribution < -0.4 is 51.4 Å². The van der Waals surface area contributed by atoms with Gasteiger partial charge in [0.05, 0.1) is 0 Å². The van der Waals surface area contributed by atoms with E-state index in [4.69, 9.17) is 4.55 Å². The molecule has 0 aliphatic rings. The van der Waals surface area contributed by atoms with Gasteiger partial charge in [0.15, 0.2) is 8.77 Å². The molecule has 0 rings (SSSR count). The molecule has 1 N–H and O–H groups in total. The van der Waals surface area contributed by atoms with Crippen molar-refractivity contribution >= 4 is 36.4 Å². The molecule has 2 nitrogen and oxygen atoms in total. The third kappa shape index (κ3) is 6.18. The molecule has 0 fully saturated rings. The first-order valence-electron chi connectivity index (χ1n) is 1.42. The van der Waals surface area contributed by atoms with Gasteiger partial charge in [-0.05, 0) is 6.92 Å². The molecule has 0 saturated carbocycles. The van der Waals surface area contributed by atoms with Gasteiger partial charge in [0, 0.05) is 11.2 Å². The zero-order valence-electron chi connectivity index (χ0n) is 5.58. The Balaban J connectivity index is -0.000000180. The van der Waals surface area contributed by atoms with Crippen molar-refractivity contribution < 1.29 is 61.6 Å². The van der Waals surface area contributed by atoms with Gasteiger partial charge in [0.25, 0.3) is 0 Å². The maximum atomic E-state index is 10.1. The van der Waals surface area contributed by atoms with Gasteiger partial charge in [-0.1, -0.05) is 12.2 Å². The number of hydrogen-bond acceptors (Lipinski definition) is 3. The number of thiocarbonyl (C=S) groups is 1. The summed E-state index contributed by atoms with van der Waals surface area (Å²) in [6.07, 6.45) is 0. The van der Waals surface area contributed by atoms with Gasteiger partial charge in [-0.25, -0.2) is 4.21 Å². The Labute approximate surface area is 103 Å². The topological polar surface area (TPSA) is 37.3 Å².